The topological polar surface area (TPSA) is 76.1 Å². The zero-order chi connectivity index (χ0) is 24.7. The number of aliphatic hydroxyl groups excluding tert-OH is 1. The summed E-state index contributed by atoms with van der Waals surface area (Å²) in [5, 5.41) is 13.4. The van der Waals surface area contributed by atoms with Gasteiger partial charge in [-0.15, -0.1) is 11.3 Å². The van der Waals surface area contributed by atoms with E-state index in [0.717, 1.165) is 36.1 Å². The molecule has 180 valence electrons. The van der Waals surface area contributed by atoms with Crippen LogP contribution in [-0.2, 0) is 22.4 Å². The van der Waals surface area contributed by atoms with Gasteiger partial charge in [-0.25, -0.2) is 0 Å². The summed E-state index contributed by atoms with van der Waals surface area (Å²) in [6, 6.07) is 12.2. The van der Waals surface area contributed by atoms with Crippen LogP contribution in [0.15, 0.2) is 53.4 Å². The molecule has 2 heterocycles. The molecular weight excluding hydrogens is 462 g/mol. The Balaban J connectivity index is 1.69. The Morgan fingerprint density at radius 3 is 2.40 bits per heavy atom. The summed E-state index contributed by atoms with van der Waals surface area (Å²) in [5.41, 5.74) is 4.58. The number of carbonyl (C=O) groups is 2. The van der Waals surface area contributed by atoms with Crippen LogP contribution in [0.1, 0.15) is 46.0 Å². The lowest BCUT2D eigenvalue weighted by Gasteiger charge is -2.26. The van der Waals surface area contributed by atoms with E-state index in [1.165, 1.54) is 41.6 Å². The van der Waals surface area contributed by atoms with Crippen LogP contribution < -0.4 is 14.4 Å². The van der Waals surface area contributed by atoms with Gasteiger partial charge < -0.3 is 14.6 Å². The number of aliphatic hydroxyl groups is 1. The number of benzene rings is 2. The molecule has 2 aromatic carbocycles. The molecule has 2 aliphatic rings. The van der Waals surface area contributed by atoms with Crippen LogP contribution in [0.25, 0.3) is 5.76 Å². The Morgan fingerprint density at radius 1 is 0.971 bits per heavy atom. The van der Waals surface area contributed by atoms with Crippen molar-refractivity contribution < 1.29 is 24.2 Å². The molecule has 1 amide bonds. The number of ketones is 1. The third kappa shape index (κ3) is 3.90. The number of nitrogens with zero attached hydrogens (tertiary/aromatic N) is 1. The number of carbonyl (C=O) groups excluding carboxylic acids is 2. The molecule has 6 nitrogen and oxygen atoms in total. The maximum absolute atomic E-state index is 13.4. The number of fused-ring (bicyclic) bond motifs is 1. The molecule has 0 saturated carbocycles. The SMILES string of the molecule is COc1ccc(N2C(=O)C(=O)/C(=C(\O)c3ccc4c(c3)CCCC4)C2c2sccc2C)cc1OC. The Kier molecular flexibility index (Phi) is 6.11. The molecule has 7 heteroatoms. The Hall–Kier alpha value is -3.58. The molecule has 1 aliphatic carbocycles. The number of hydrogen-bond donors (Lipinski definition) is 1. The average Bonchev–Trinajstić information content (AvgIpc) is 3.42. The first-order valence-corrected chi connectivity index (χ1v) is 12.5. The number of thiophene rings is 1. The summed E-state index contributed by atoms with van der Waals surface area (Å²) in [5.74, 6) is -0.561. The highest BCUT2D eigenvalue weighted by Crippen LogP contribution is 2.46. The minimum absolute atomic E-state index is 0.103. The quantitative estimate of drug-likeness (QED) is 0.288. The van der Waals surface area contributed by atoms with Gasteiger partial charge in [0, 0.05) is 22.2 Å². The Labute approximate surface area is 208 Å². The molecule has 1 aliphatic heterocycles. The van der Waals surface area contributed by atoms with Crippen molar-refractivity contribution >= 4 is 34.5 Å². The first kappa shape index (κ1) is 23.2. The lowest BCUT2D eigenvalue weighted by molar-refractivity contribution is -0.132. The van der Waals surface area contributed by atoms with Crippen molar-refractivity contribution in [3.8, 4) is 11.5 Å². The molecule has 1 saturated heterocycles. The highest BCUT2D eigenvalue weighted by Gasteiger charge is 2.48. The number of ether oxygens (including phenoxy) is 2. The molecule has 0 bridgehead atoms. The van der Waals surface area contributed by atoms with Gasteiger partial charge in [0.1, 0.15) is 11.8 Å². The van der Waals surface area contributed by atoms with Crippen LogP contribution in [0.5, 0.6) is 11.5 Å². The monoisotopic (exact) mass is 489 g/mol. The normalized spacial score (nSPS) is 19.1. The van der Waals surface area contributed by atoms with E-state index in [1.807, 2.05) is 36.6 Å². The second-order valence-corrected chi connectivity index (χ2v) is 9.81. The Morgan fingerprint density at radius 2 is 1.71 bits per heavy atom. The molecule has 5 rings (SSSR count). The van der Waals surface area contributed by atoms with Crippen LogP contribution in [0.4, 0.5) is 5.69 Å². The number of anilines is 1. The molecule has 0 radical (unpaired) electrons. The maximum Gasteiger partial charge on any atom is 0.300 e. The van der Waals surface area contributed by atoms with E-state index < -0.39 is 17.7 Å². The average molecular weight is 490 g/mol. The molecule has 3 aromatic rings. The zero-order valence-corrected chi connectivity index (χ0v) is 20.8. The molecule has 1 aromatic heterocycles. The molecule has 35 heavy (non-hydrogen) atoms. The molecule has 1 atom stereocenters. The minimum Gasteiger partial charge on any atom is -0.507 e. The van der Waals surface area contributed by atoms with Gasteiger partial charge in [-0.3, -0.25) is 14.5 Å². The lowest BCUT2D eigenvalue weighted by Crippen LogP contribution is -2.29. The van der Waals surface area contributed by atoms with Crippen LogP contribution in [0, 0.1) is 6.92 Å². The van der Waals surface area contributed by atoms with Gasteiger partial charge in [-0.1, -0.05) is 12.1 Å². The van der Waals surface area contributed by atoms with Crippen LogP contribution in [0.3, 0.4) is 0 Å². The fraction of sp³-hybridized carbons (Fsp3) is 0.286. The van der Waals surface area contributed by atoms with Crippen LogP contribution in [-0.4, -0.2) is 31.0 Å². The van der Waals surface area contributed by atoms with Crippen molar-refractivity contribution in [2.24, 2.45) is 0 Å². The molecule has 1 unspecified atom stereocenters. The second-order valence-electron chi connectivity index (χ2n) is 8.87. The number of rotatable bonds is 5. The van der Waals surface area contributed by atoms with E-state index in [4.69, 9.17) is 9.47 Å². The van der Waals surface area contributed by atoms with E-state index in [9.17, 15) is 14.7 Å². The highest BCUT2D eigenvalue weighted by atomic mass is 32.1. The molecule has 0 spiro atoms. The van der Waals surface area contributed by atoms with Gasteiger partial charge in [0.15, 0.2) is 11.5 Å². The molecule has 1 N–H and O–H groups in total. The summed E-state index contributed by atoms with van der Waals surface area (Å²) < 4.78 is 10.8. The number of hydrogen-bond acceptors (Lipinski definition) is 6. The summed E-state index contributed by atoms with van der Waals surface area (Å²) in [4.78, 5) is 29.1. The largest absolute Gasteiger partial charge is 0.507 e. The van der Waals surface area contributed by atoms with Crippen molar-refractivity contribution in [2.75, 3.05) is 19.1 Å². The van der Waals surface area contributed by atoms with Crippen LogP contribution >= 0.6 is 11.3 Å². The summed E-state index contributed by atoms with van der Waals surface area (Å²) in [7, 11) is 3.06. The van der Waals surface area contributed by atoms with Crippen molar-refractivity contribution in [3.63, 3.8) is 0 Å². The summed E-state index contributed by atoms with van der Waals surface area (Å²) in [6.07, 6.45) is 4.24. The zero-order valence-electron chi connectivity index (χ0n) is 20.0. The second kappa shape index (κ2) is 9.23. The maximum atomic E-state index is 13.4. The lowest BCUT2D eigenvalue weighted by atomic mass is 9.89. The third-order valence-corrected chi connectivity index (χ3v) is 7.93. The van der Waals surface area contributed by atoms with Crippen molar-refractivity contribution in [2.45, 2.75) is 38.6 Å². The van der Waals surface area contributed by atoms with Crippen molar-refractivity contribution in [3.05, 3.63) is 80.5 Å². The summed E-state index contributed by atoms with van der Waals surface area (Å²) >= 11 is 1.46. The predicted octanol–water partition coefficient (Wildman–Crippen LogP) is 5.58. The van der Waals surface area contributed by atoms with E-state index >= 15 is 0 Å². The van der Waals surface area contributed by atoms with Gasteiger partial charge >= 0.3 is 0 Å². The number of methoxy groups -OCH3 is 2. The molecular formula is C28H27NO5S. The van der Waals surface area contributed by atoms with E-state index in [1.54, 1.807) is 18.2 Å². The fourth-order valence-electron chi connectivity index (χ4n) is 5.02. The van der Waals surface area contributed by atoms with Crippen molar-refractivity contribution in [1.82, 2.24) is 0 Å². The van der Waals surface area contributed by atoms with Gasteiger partial charge in [0.2, 0.25) is 0 Å². The van der Waals surface area contributed by atoms with Crippen LogP contribution in [0.2, 0.25) is 0 Å². The molecule has 1 fully saturated rings. The van der Waals surface area contributed by atoms with Crippen molar-refractivity contribution in [1.29, 1.82) is 0 Å². The minimum atomic E-state index is -0.746. The first-order valence-electron chi connectivity index (χ1n) is 11.6. The van der Waals surface area contributed by atoms with E-state index in [0.29, 0.717) is 22.7 Å². The number of Topliss-reactive ketones (excluding diaryl/α,β-unsaturated/α-hetero) is 1. The standard InChI is InChI=1S/C28H27NO5S/c1-16-12-13-35-27(16)24-23(25(30)19-9-8-17-6-4-5-7-18(17)14-19)26(31)28(32)29(24)20-10-11-21(33-2)22(15-20)34-3/h8-15,24,30H,4-7H2,1-3H3/b25-23-. The van der Waals surface area contributed by atoms with Gasteiger partial charge in [-0.2, -0.15) is 0 Å². The van der Waals surface area contributed by atoms with Gasteiger partial charge in [0.25, 0.3) is 11.7 Å². The third-order valence-electron chi connectivity index (χ3n) is 6.86. The van der Waals surface area contributed by atoms with E-state index in [2.05, 4.69) is 0 Å². The smallest absolute Gasteiger partial charge is 0.300 e. The number of aryl methyl sites for hydroxylation is 3. The highest BCUT2D eigenvalue weighted by molar-refractivity contribution is 7.10. The Bertz CT molecular complexity index is 1360. The van der Waals surface area contributed by atoms with Gasteiger partial charge in [-0.05, 0) is 78.9 Å². The van der Waals surface area contributed by atoms with E-state index in [-0.39, 0.29) is 11.3 Å². The fourth-order valence-corrected chi connectivity index (χ4v) is 6.05. The number of amides is 1. The predicted molar refractivity (Wildman–Crippen MR) is 136 cm³/mol. The first-order chi connectivity index (χ1) is 16.9. The van der Waals surface area contributed by atoms with Gasteiger partial charge in [0.05, 0.1) is 19.8 Å². The summed E-state index contributed by atoms with van der Waals surface area (Å²) in [6.45, 7) is 1.94.